The summed E-state index contributed by atoms with van der Waals surface area (Å²) in [5.41, 5.74) is 7.24. The zero-order valence-corrected chi connectivity index (χ0v) is 43.6. The number of hydrogen-bond donors (Lipinski definition) is 1. The van der Waals surface area contributed by atoms with E-state index >= 15 is 0 Å². The van der Waals surface area contributed by atoms with Gasteiger partial charge in [0.2, 0.25) is 0 Å². The van der Waals surface area contributed by atoms with Crippen LogP contribution in [0.1, 0.15) is 167 Å². The summed E-state index contributed by atoms with van der Waals surface area (Å²) >= 11 is 0. The Morgan fingerprint density at radius 2 is 1.55 bits per heavy atom. The molecule has 4 aliphatic rings. The SMILES string of the molecule is CC[C@@H]1C(C)=C2/C=c3\[n-]/c(c(C)c3C(C)=O)=C\C3[N-]C(C4=c5[n-]c(c(C)c5=C(O)[C@@H]4C(=O)OC)/C=C/1[N-]2)[C@@H](CCC(=O)OC/C=C(\C)CCC[C@H](C)CCC[C@H](C)CCCC(C)C)[C@@H]3C.[Mg+2]. The third kappa shape index (κ3) is 11.9. The molecule has 6 rings (SSSR count). The summed E-state index contributed by atoms with van der Waals surface area (Å²) in [5.74, 6) is -0.123. The Hall–Kier alpha value is -3.80. The predicted molar refractivity (Wildman–Crippen MR) is 267 cm³/mol. The van der Waals surface area contributed by atoms with Crippen molar-refractivity contribution in [3.8, 4) is 0 Å². The van der Waals surface area contributed by atoms with Crippen LogP contribution in [0.5, 0.6) is 0 Å². The molecule has 0 radical (unpaired) electrons. The maximum atomic E-state index is 13.7. The van der Waals surface area contributed by atoms with Crippen molar-refractivity contribution in [1.29, 1.82) is 0 Å². The number of methoxy groups -OCH3 is 1. The molecule has 1 saturated heterocycles. The number of hydrogen-bond acceptors (Lipinski definition) is 6. The van der Waals surface area contributed by atoms with E-state index in [-0.39, 0.29) is 77.4 Å². The molecule has 8 bridgehead atoms. The molecule has 2 unspecified atom stereocenters. The van der Waals surface area contributed by atoms with Gasteiger partial charge in [0.25, 0.3) is 0 Å². The van der Waals surface area contributed by atoms with E-state index in [1.54, 1.807) is 6.92 Å². The molecule has 11 heteroatoms. The van der Waals surface area contributed by atoms with Crippen molar-refractivity contribution in [2.45, 2.75) is 165 Å². The summed E-state index contributed by atoms with van der Waals surface area (Å²) in [6, 6.07) is -0.965. The number of aliphatic hydroxyl groups is 1. The smallest absolute Gasteiger partial charge is 0.661 e. The zero-order valence-electron chi connectivity index (χ0n) is 42.2. The fraction of sp³-hybridized carbons (Fsp3) is 0.618. The predicted octanol–water partition coefficient (Wildman–Crippen LogP) is 9.05. The second kappa shape index (κ2) is 23.5. The van der Waals surface area contributed by atoms with E-state index in [9.17, 15) is 19.5 Å². The fourth-order valence-electron chi connectivity index (χ4n) is 10.9. The van der Waals surface area contributed by atoms with Crippen molar-refractivity contribution in [3.05, 3.63) is 82.9 Å². The Morgan fingerprint density at radius 1 is 0.879 bits per heavy atom. The second-order valence-corrected chi connectivity index (χ2v) is 20.3. The van der Waals surface area contributed by atoms with Crippen molar-refractivity contribution in [3.63, 3.8) is 0 Å². The van der Waals surface area contributed by atoms with Gasteiger partial charge in [-0.1, -0.05) is 138 Å². The average molecular weight is 914 g/mol. The van der Waals surface area contributed by atoms with Crippen molar-refractivity contribution in [2.24, 2.45) is 41.4 Å². The second-order valence-electron chi connectivity index (χ2n) is 20.3. The van der Waals surface area contributed by atoms with Gasteiger partial charge in [-0.2, -0.15) is 5.70 Å². The summed E-state index contributed by atoms with van der Waals surface area (Å²) in [5, 5.41) is 24.7. The Morgan fingerprint density at radius 3 is 2.18 bits per heavy atom. The number of carbonyl (C=O) groups is 3. The van der Waals surface area contributed by atoms with E-state index in [4.69, 9.17) is 30.1 Å². The van der Waals surface area contributed by atoms with Gasteiger partial charge in [0, 0.05) is 17.2 Å². The molecule has 1 aliphatic carbocycles. The Labute approximate surface area is 410 Å². The maximum Gasteiger partial charge on any atom is 2.00 e. The monoisotopic (exact) mass is 913 g/mol. The first-order valence-corrected chi connectivity index (χ1v) is 24.7. The summed E-state index contributed by atoms with van der Waals surface area (Å²) in [6.45, 7) is 23.4. The Balaban J connectivity index is 0.00000817. The van der Waals surface area contributed by atoms with Crippen molar-refractivity contribution < 1.29 is 29.0 Å². The number of nitrogens with zero attached hydrogens (tertiary/aromatic N) is 4. The van der Waals surface area contributed by atoms with Crippen LogP contribution in [0.25, 0.3) is 40.2 Å². The molecule has 356 valence electrons. The van der Waals surface area contributed by atoms with E-state index in [0.717, 1.165) is 59.2 Å². The maximum absolute atomic E-state index is 13.7. The van der Waals surface area contributed by atoms with Gasteiger partial charge in [0.05, 0.1) is 7.11 Å². The summed E-state index contributed by atoms with van der Waals surface area (Å²) in [6.07, 6.45) is 20.6. The van der Waals surface area contributed by atoms with Gasteiger partial charge < -0.3 is 35.2 Å². The first-order chi connectivity index (χ1) is 30.9. The van der Waals surface area contributed by atoms with Crippen LogP contribution in [0, 0.1) is 55.3 Å². The van der Waals surface area contributed by atoms with Gasteiger partial charge in [-0.25, -0.2) is 0 Å². The van der Waals surface area contributed by atoms with E-state index in [1.165, 1.54) is 57.6 Å². The van der Waals surface area contributed by atoms with Crippen LogP contribution in [0.3, 0.4) is 0 Å². The van der Waals surface area contributed by atoms with Gasteiger partial charge in [-0.05, 0) is 90.0 Å². The van der Waals surface area contributed by atoms with Crippen LogP contribution in [-0.4, -0.2) is 71.7 Å². The molecule has 5 heterocycles. The molecule has 0 spiro atoms. The average Bonchev–Trinajstić information content (AvgIpc) is 4.00. The third-order valence-electron chi connectivity index (χ3n) is 15.0. The molecule has 8 atom stereocenters. The summed E-state index contributed by atoms with van der Waals surface area (Å²) in [7, 11) is 1.32. The van der Waals surface area contributed by atoms with E-state index in [2.05, 4.69) is 55.4 Å². The van der Waals surface area contributed by atoms with Gasteiger partial charge in [0.1, 0.15) is 18.3 Å². The van der Waals surface area contributed by atoms with Crippen LogP contribution in [0.15, 0.2) is 28.6 Å². The first kappa shape index (κ1) is 53.2. The van der Waals surface area contributed by atoms with E-state index in [0.29, 0.717) is 50.4 Å². The quantitative estimate of drug-likeness (QED) is 0.0600. The molecule has 66 heavy (non-hydrogen) atoms. The molecular formula is C55H76MgN4O6-2. The first-order valence-electron chi connectivity index (χ1n) is 24.7. The number of rotatable bonds is 20. The number of allylic oxidation sites excluding steroid dienone is 3. The summed E-state index contributed by atoms with van der Waals surface area (Å²) < 4.78 is 11.1. The zero-order chi connectivity index (χ0) is 47.3. The number of aromatic nitrogens is 2. The van der Waals surface area contributed by atoms with Gasteiger partial charge in [0.15, 0.2) is 5.78 Å². The fourth-order valence-corrected chi connectivity index (χ4v) is 10.9. The van der Waals surface area contributed by atoms with E-state index in [1.807, 2.05) is 38.2 Å². The molecule has 2 aromatic heterocycles. The molecule has 0 saturated carbocycles. The third-order valence-corrected chi connectivity index (χ3v) is 15.0. The minimum Gasteiger partial charge on any atom is -0.661 e. The molecule has 1 N–H and O–H groups in total. The summed E-state index contributed by atoms with van der Waals surface area (Å²) in [4.78, 5) is 50.5. The number of ketones is 1. The molecular weight excluding hydrogens is 837 g/mol. The van der Waals surface area contributed by atoms with Crippen molar-refractivity contribution in [1.82, 2.24) is 9.97 Å². The van der Waals surface area contributed by atoms with Gasteiger partial charge >= 0.3 is 35.0 Å². The van der Waals surface area contributed by atoms with Crippen LogP contribution >= 0.6 is 0 Å². The van der Waals surface area contributed by atoms with Crippen LogP contribution in [0.2, 0.25) is 0 Å². The van der Waals surface area contributed by atoms with Crippen LogP contribution < -0.4 is 31.2 Å². The number of Topliss-reactive ketones (excluding diaryl/α,β-unsaturated/α-hetero) is 1. The number of carbonyl (C=O) groups excluding carboxylic acids is 3. The normalized spacial score (nSPS) is 25.0. The minimum atomic E-state index is -1.09. The molecule has 0 aromatic carbocycles. The molecule has 3 aliphatic heterocycles. The Bertz CT molecular complexity index is 2450. The van der Waals surface area contributed by atoms with Crippen molar-refractivity contribution in [2.75, 3.05) is 13.7 Å². The Kier molecular flexibility index (Phi) is 18.9. The standard InChI is InChI=1S/C55H76N4O6.Mg/c1-13-39-34(7)41-29-46-48(38(11)60)36(9)43(57-46)27-42-35(8)40(52(58-42)50-51(55(63)64-12)54(62)49-37(10)44(59-53(49)50)28-45(39)56-41)23-24-47(61)65-26-25-33(6)22-16-21-32(5)20-15-19-31(4)18-14-17-30(2)3;/h25,27-32,35,39-40,42,51-52,62H,13-24,26H2,1-12H3;/q-4;+2/b33-25+,43-27-,45-28-,46-29-;/t31-,32-,35+,39-,40+,42?,51-,52?;/m1./s1. The number of ether oxygens (including phenoxy) is 2. The topological polar surface area (TPSA) is 146 Å². The molecule has 0 amide bonds. The van der Waals surface area contributed by atoms with Gasteiger partial charge in [-0.15, -0.1) is 45.6 Å². The molecule has 1 fully saturated rings. The van der Waals surface area contributed by atoms with Gasteiger partial charge in [-0.3, -0.25) is 14.4 Å². The van der Waals surface area contributed by atoms with Crippen LogP contribution in [0.4, 0.5) is 0 Å². The largest absolute Gasteiger partial charge is 2.00 e. The van der Waals surface area contributed by atoms with Crippen molar-refractivity contribution >= 4 is 70.3 Å². The number of fused-ring (bicyclic) bond motifs is 8. The number of aliphatic hydroxyl groups excluding tert-OH is 1. The molecule has 2 aromatic rings. The minimum absolute atomic E-state index is 0. The van der Waals surface area contributed by atoms with Crippen LogP contribution in [-0.2, 0) is 19.1 Å². The molecule has 10 nitrogen and oxygen atoms in total. The van der Waals surface area contributed by atoms with E-state index < -0.39 is 17.9 Å². The number of esters is 2.